The van der Waals surface area contributed by atoms with Crippen molar-refractivity contribution in [2.24, 2.45) is 5.92 Å². The summed E-state index contributed by atoms with van der Waals surface area (Å²) < 4.78 is 0. The summed E-state index contributed by atoms with van der Waals surface area (Å²) >= 11 is 5.99. The predicted octanol–water partition coefficient (Wildman–Crippen LogP) is 3.47. The van der Waals surface area contributed by atoms with Crippen LogP contribution < -0.4 is 5.32 Å². The van der Waals surface area contributed by atoms with Gasteiger partial charge in [-0.1, -0.05) is 37.6 Å². The Labute approximate surface area is 125 Å². The van der Waals surface area contributed by atoms with Crippen LogP contribution in [0.1, 0.15) is 30.9 Å². The normalized spacial score (nSPS) is 11.0. The van der Waals surface area contributed by atoms with Crippen LogP contribution in [0.5, 0.6) is 0 Å². The summed E-state index contributed by atoms with van der Waals surface area (Å²) in [6.07, 6.45) is 2.53. The first kappa shape index (κ1) is 14.9. The molecule has 0 unspecified atom stereocenters. The van der Waals surface area contributed by atoms with Gasteiger partial charge in [-0.25, -0.2) is 9.97 Å². The molecule has 0 saturated heterocycles. The van der Waals surface area contributed by atoms with Crippen molar-refractivity contribution in [2.75, 3.05) is 6.54 Å². The van der Waals surface area contributed by atoms with Gasteiger partial charge in [0.05, 0.1) is 5.69 Å². The van der Waals surface area contributed by atoms with Crippen LogP contribution in [0.3, 0.4) is 0 Å². The third-order valence-corrected chi connectivity index (χ3v) is 3.11. The standard InChI is InChI=1S/C16H20ClN3/c1-12(2)10-18-11-15-6-7-19-16(20-15)9-13-4-3-5-14(17)8-13/h3-8,12,18H,9-11H2,1-2H3. The Morgan fingerprint density at radius 3 is 2.85 bits per heavy atom. The van der Waals surface area contributed by atoms with Crippen molar-refractivity contribution in [3.05, 3.63) is 58.6 Å². The fraction of sp³-hybridized carbons (Fsp3) is 0.375. The molecule has 0 fully saturated rings. The van der Waals surface area contributed by atoms with Gasteiger partial charge in [0.15, 0.2) is 0 Å². The maximum absolute atomic E-state index is 5.99. The Balaban J connectivity index is 1.99. The molecule has 0 aliphatic rings. The summed E-state index contributed by atoms with van der Waals surface area (Å²) in [6, 6.07) is 9.77. The summed E-state index contributed by atoms with van der Waals surface area (Å²) in [5, 5.41) is 4.14. The lowest BCUT2D eigenvalue weighted by Gasteiger charge is -2.08. The first-order chi connectivity index (χ1) is 9.63. The molecule has 0 atom stereocenters. The van der Waals surface area contributed by atoms with Crippen LogP contribution in [0.4, 0.5) is 0 Å². The van der Waals surface area contributed by atoms with Gasteiger partial charge in [0.25, 0.3) is 0 Å². The molecule has 2 aromatic rings. The van der Waals surface area contributed by atoms with E-state index in [2.05, 4.69) is 29.1 Å². The summed E-state index contributed by atoms with van der Waals surface area (Å²) in [7, 11) is 0. The zero-order valence-electron chi connectivity index (χ0n) is 11.9. The van der Waals surface area contributed by atoms with Crippen molar-refractivity contribution < 1.29 is 0 Å². The second kappa shape index (κ2) is 7.36. The molecule has 3 nitrogen and oxygen atoms in total. The number of rotatable bonds is 6. The van der Waals surface area contributed by atoms with Gasteiger partial charge >= 0.3 is 0 Å². The Morgan fingerprint density at radius 1 is 1.25 bits per heavy atom. The fourth-order valence-corrected chi connectivity index (χ4v) is 2.16. The van der Waals surface area contributed by atoms with Gasteiger partial charge in [-0.2, -0.15) is 0 Å². The molecule has 0 spiro atoms. The van der Waals surface area contributed by atoms with Crippen molar-refractivity contribution >= 4 is 11.6 Å². The highest BCUT2D eigenvalue weighted by molar-refractivity contribution is 6.30. The maximum Gasteiger partial charge on any atom is 0.132 e. The molecule has 1 aromatic carbocycles. The Bertz CT molecular complexity index is 555. The second-order valence-corrected chi connectivity index (χ2v) is 5.73. The van der Waals surface area contributed by atoms with Crippen LogP contribution in [-0.2, 0) is 13.0 Å². The molecule has 1 N–H and O–H groups in total. The Morgan fingerprint density at radius 2 is 2.10 bits per heavy atom. The lowest BCUT2D eigenvalue weighted by Crippen LogP contribution is -2.20. The lowest BCUT2D eigenvalue weighted by molar-refractivity contribution is 0.547. The summed E-state index contributed by atoms with van der Waals surface area (Å²) in [5.74, 6) is 1.47. The Kier molecular flexibility index (Phi) is 5.50. The molecule has 2 rings (SSSR count). The molecule has 0 bridgehead atoms. The van der Waals surface area contributed by atoms with Crippen molar-refractivity contribution in [3.63, 3.8) is 0 Å². The molecule has 0 saturated carbocycles. The van der Waals surface area contributed by atoms with Crippen LogP contribution in [0.15, 0.2) is 36.5 Å². The van der Waals surface area contributed by atoms with E-state index in [1.165, 1.54) is 0 Å². The molecule has 0 amide bonds. The van der Waals surface area contributed by atoms with E-state index in [0.29, 0.717) is 12.3 Å². The smallest absolute Gasteiger partial charge is 0.132 e. The summed E-state index contributed by atoms with van der Waals surface area (Å²) in [4.78, 5) is 8.90. The highest BCUT2D eigenvalue weighted by Crippen LogP contribution is 2.13. The zero-order chi connectivity index (χ0) is 14.4. The van der Waals surface area contributed by atoms with E-state index in [-0.39, 0.29) is 0 Å². The number of aromatic nitrogens is 2. The molecule has 20 heavy (non-hydrogen) atoms. The molecule has 0 radical (unpaired) electrons. The minimum atomic E-state index is 0.641. The van der Waals surface area contributed by atoms with Gasteiger partial charge in [0.2, 0.25) is 0 Å². The van der Waals surface area contributed by atoms with Crippen LogP contribution in [0, 0.1) is 5.92 Å². The number of nitrogens with one attached hydrogen (secondary N) is 1. The topological polar surface area (TPSA) is 37.8 Å². The third-order valence-electron chi connectivity index (χ3n) is 2.87. The van der Waals surface area contributed by atoms with E-state index in [1.54, 1.807) is 0 Å². The molecule has 4 heteroatoms. The summed E-state index contributed by atoms with van der Waals surface area (Å²) in [6.45, 7) is 6.16. The van der Waals surface area contributed by atoms with E-state index in [1.807, 2.05) is 36.5 Å². The number of halogens is 1. The minimum absolute atomic E-state index is 0.641. The predicted molar refractivity (Wildman–Crippen MR) is 82.8 cm³/mol. The zero-order valence-corrected chi connectivity index (χ0v) is 12.7. The largest absolute Gasteiger partial charge is 0.311 e. The highest BCUT2D eigenvalue weighted by Gasteiger charge is 2.02. The van der Waals surface area contributed by atoms with E-state index >= 15 is 0 Å². The SMILES string of the molecule is CC(C)CNCc1ccnc(Cc2cccc(Cl)c2)n1. The lowest BCUT2D eigenvalue weighted by atomic mass is 10.1. The third kappa shape index (κ3) is 4.91. The van der Waals surface area contributed by atoms with Crippen molar-refractivity contribution in [2.45, 2.75) is 26.8 Å². The fourth-order valence-electron chi connectivity index (χ4n) is 1.94. The number of hydrogen-bond donors (Lipinski definition) is 1. The van der Waals surface area contributed by atoms with E-state index in [0.717, 1.165) is 35.2 Å². The monoisotopic (exact) mass is 289 g/mol. The molecular weight excluding hydrogens is 270 g/mol. The molecule has 0 aliphatic heterocycles. The van der Waals surface area contributed by atoms with E-state index in [4.69, 9.17) is 11.6 Å². The second-order valence-electron chi connectivity index (χ2n) is 5.30. The van der Waals surface area contributed by atoms with Gasteiger partial charge in [0, 0.05) is 24.2 Å². The quantitative estimate of drug-likeness (QED) is 0.885. The van der Waals surface area contributed by atoms with E-state index < -0.39 is 0 Å². The van der Waals surface area contributed by atoms with Gasteiger partial charge in [-0.15, -0.1) is 0 Å². The van der Waals surface area contributed by atoms with Crippen LogP contribution in [0.2, 0.25) is 5.02 Å². The minimum Gasteiger partial charge on any atom is -0.311 e. The highest BCUT2D eigenvalue weighted by atomic mass is 35.5. The average Bonchev–Trinajstić information content (AvgIpc) is 2.39. The Hall–Kier alpha value is -1.45. The van der Waals surface area contributed by atoms with Gasteiger partial charge in [0.1, 0.15) is 5.82 Å². The molecular formula is C16H20ClN3. The van der Waals surface area contributed by atoms with Crippen LogP contribution in [-0.4, -0.2) is 16.5 Å². The number of nitrogens with zero attached hydrogens (tertiary/aromatic N) is 2. The molecule has 1 aromatic heterocycles. The van der Waals surface area contributed by atoms with Crippen molar-refractivity contribution in [1.29, 1.82) is 0 Å². The van der Waals surface area contributed by atoms with Crippen LogP contribution >= 0.6 is 11.6 Å². The van der Waals surface area contributed by atoms with Crippen molar-refractivity contribution in [1.82, 2.24) is 15.3 Å². The van der Waals surface area contributed by atoms with Gasteiger partial charge in [-0.05, 0) is 36.2 Å². The van der Waals surface area contributed by atoms with E-state index in [9.17, 15) is 0 Å². The first-order valence-corrected chi connectivity index (χ1v) is 7.27. The first-order valence-electron chi connectivity index (χ1n) is 6.89. The van der Waals surface area contributed by atoms with Gasteiger partial charge < -0.3 is 5.32 Å². The average molecular weight is 290 g/mol. The maximum atomic E-state index is 5.99. The van der Waals surface area contributed by atoms with Gasteiger partial charge in [-0.3, -0.25) is 0 Å². The number of benzene rings is 1. The number of hydrogen-bond acceptors (Lipinski definition) is 3. The molecule has 0 aliphatic carbocycles. The molecule has 106 valence electrons. The molecule has 1 heterocycles. The van der Waals surface area contributed by atoms with Crippen molar-refractivity contribution in [3.8, 4) is 0 Å². The van der Waals surface area contributed by atoms with Crippen LogP contribution in [0.25, 0.3) is 0 Å². The summed E-state index contributed by atoms with van der Waals surface area (Å²) in [5.41, 5.74) is 2.16.